The maximum absolute atomic E-state index is 10.9. The number of anilines is 1. The highest BCUT2D eigenvalue weighted by molar-refractivity contribution is 5.88. The van der Waals surface area contributed by atoms with Crippen molar-refractivity contribution >= 4 is 17.9 Å². The molecule has 0 bridgehead atoms. The Kier molecular flexibility index (Phi) is 6.47. The normalized spacial score (nSPS) is 10.7. The fraction of sp³-hybridized carbons (Fsp3) is 0.130. The summed E-state index contributed by atoms with van der Waals surface area (Å²) in [5, 5.41) is 13.1. The van der Waals surface area contributed by atoms with Crippen LogP contribution in [0.4, 0.5) is 5.69 Å². The number of carboxylic acids is 1. The summed E-state index contributed by atoms with van der Waals surface area (Å²) in [5.74, 6) is 0.315. The van der Waals surface area contributed by atoms with Crippen molar-refractivity contribution in [2.24, 2.45) is 5.10 Å². The van der Waals surface area contributed by atoms with Gasteiger partial charge in [-0.2, -0.15) is 5.10 Å². The number of methoxy groups -OCH3 is 1. The van der Waals surface area contributed by atoms with E-state index in [1.165, 1.54) is 17.7 Å². The molecule has 148 valence electrons. The monoisotopic (exact) mass is 390 g/mol. The minimum atomic E-state index is -0.961. The van der Waals surface area contributed by atoms with E-state index in [0.29, 0.717) is 23.8 Å². The van der Waals surface area contributed by atoms with E-state index in [1.54, 1.807) is 25.5 Å². The first kappa shape index (κ1) is 19.9. The smallest absolute Gasteiger partial charge is 0.335 e. The minimum absolute atomic E-state index is 0.227. The quantitative estimate of drug-likeness (QED) is 0.429. The summed E-state index contributed by atoms with van der Waals surface area (Å²) in [6, 6.07) is 20.0. The molecular formula is C23H22N2O4. The first-order valence-electron chi connectivity index (χ1n) is 9.04. The van der Waals surface area contributed by atoms with Gasteiger partial charge in [0.25, 0.3) is 0 Å². The van der Waals surface area contributed by atoms with Crippen LogP contribution in [0.5, 0.6) is 11.5 Å². The van der Waals surface area contributed by atoms with E-state index in [2.05, 4.69) is 23.5 Å². The summed E-state index contributed by atoms with van der Waals surface area (Å²) in [5.41, 5.74) is 6.92. The second-order valence-corrected chi connectivity index (χ2v) is 6.38. The van der Waals surface area contributed by atoms with E-state index in [4.69, 9.17) is 14.6 Å². The lowest BCUT2D eigenvalue weighted by atomic mass is 10.1. The molecule has 6 nitrogen and oxygen atoms in total. The molecule has 29 heavy (non-hydrogen) atoms. The average molecular weight is 390 g/mol. The Hall–Kier alpha value is -3.80. The summed E-state index contributed by atoms with van der Waals surface area (Å²) >= 11 is 0. The molecule has 0 atom stereocenters. The maximum atomic E-state index is 10.9. The Balaban J connectivity index is 1.64. The van der Waals surface area contributed by atoms with Crippen molar-refractivity contribution in [3.8, 4) is 11.5 Å². The number of ether oxygens (including phenoxy) is 2. The molecule has 3 aromatic carbocycles. The number of nitrogens with zero attached hydrogens (tertiary/aromatic N) is 1. The van der Waals surface area contributed by atoms with Gasteiger partial charge in [0.15, 0.2) is 11.5 Å². The Labute approximate surface area is 169 Å². The summed E-state index contributed by atoms with van der Waals surface area (Å²) in [6.45, 7) is 2.52. The maximum Gasteiger partial charge on any atom is 0.335 e. The van der Waals surface area contributed by atoms with Crippen LogP contribution in [0, 0.1) is 6.92 Å². The van der Waals surface area contributed by atoms with E-state index in [0.717, 1.165) is 11.1 Å². The molecule has 0 radical (unpaired) electrons. The third-order valence-corrected chi connectivity index (χ3v) is 4.37. The van der Waals surface area contributed by atoms with Gasteiger partial charge in [0.2, 0.25) is 0 Å². The Morgan fingerprint density at radius 3 is 2.52 bits per heavy atom. The molecule has 0 saturated heterocycles. The first-order valence-corrected chi connectivity index (χ1v) is 9.04. The Morgan fingerprint density at radius 1 is 1.07 bits per heavy atom. The second-order valence-electron chi connectivity index (χ2n) is 6.38. The Bertz CT molecular complexity index is 1010. The SMILES string of the molecule is COc1cc(/C=N/Nc2ccc(C(=O)O)cc2)ccc1OCc1ccccc1C. The summed E-state index contributed by atoms with van der Waals surface area (Å²) in [4.78, 5) is 10.9. The van der Waals surface area contributed by atoms with E-state index in [-0.39, 0.29) is 5.56 Å². The summed E-state index contributed by atoms with van der Waals surface area (Å²) in [6.07, 6.45) is 1.65. The summed E-state index contributed by atoms with van der Waals surface area (Å²) in [7, 11) is 1.60. The minimum Gasteiger partial charge on any atom is -0.493 e. The van der Waals surface area contributed by atoms with Crippen LogP contribution >= 0.6 is 0 Å². The molecule has 0 saturated carbocycles. The number of aromatic carboxylic acids is 1. The van der Waals surface area contributed by atoms with Gasteiger partial charge in [-0.25, -0.2) is 4.79 Å². The predicted molar refractivity (Wildman–Crippen MR) is 113 cm³/mol. The molecule has 0 aliphatic carbocycles. The third-order valence-electron chi connectivity index (χ3n) is 4.37. The standard InChI is InChI=1S/C23H22N2O4/c1-16-5-3-4-6-19(16)15-29-21-12-7-17(13-22(21)28-2)14-24-25-20-10-8-18(9-11-20)23(26)27/h3-14,25H,15H2,1-2H3,(H,26,27)/b24-14+. The van der Waals surface area contributed by atoms with Crippen LogP contribution in [-0.4, -0.2) is 24.4 Å². The fourth-order valence-corrected chi connectivity index (χ4v) is 2.68. The van der Waals surface area contributed by atoms with Crippen LogP contribution < -0.4 is 14.9 Å². The molecule has 0 aromatic heterocycles. The molecule has 0 aliphatic heterocycles. The van der Waals surface area contributed by atoms with Gasteiger partial charge in [0.05, 0.1) is 24.6 Å². The highest BCUT2D eigenvalue weighted by Gasteiger charge is 2.07. The van der Waals surface area contributed by atoms with Crippen molar-refractivity contribution in [3.63, 3.8) is 0 Å². The van der Waals surface area contributed by atoms with Gasteiger partial charge in [-0.1, -0.05) is 24.3 Å². The number of carboxylic acid groups (broad SMARTS) is 1. The largest absolute Gasteiger partial charge is 0.493 e. The number of nitrogens with one attached hydrogen (secondary N) is 1. The number of carbonyl (C=O) groups is 1. The van der Waals surface area contributed by atoms with Crippen molar-refractivity contribution < 1.29 is 19.4 Å². The Morgan fingerprint density at radius 2 is 1.83 bits per heavy atom. The molecule has 0 fully saturated rings. The number of hydrogen-bond acceptors (Lipinski definition) is 5. The first-order chi connectivity index (χ1) is 14.1. The van der Waals surface area contributed by atoms with Crippen LogP contribution in [0.25, 0.3) is 0 Å². The van der Waals surface area contributed by atoms with Gasteiger partial charge in [0.1, 0.15) is 6.61 Å². The zero-order chi connectivity index (χ0) is 20.6. The number of aryl methyl sites for hydroxylation is 1. The van der Waals surface area contributed by atoms with Gasteiger partial charge < -0.3 is 14.6 Å². The highest BCUT2D eigenvalue weighted by Crippen LogP contribution is 2.28. The number of rotatable bonds is 8. The van der Waals surface area contributed by atoms with Crippen molar-refractivity contribution in [2.75, 3.05) is 12.5 Å². The lowest BCUT2D eigenvalue weighted by Crippen LogP contribution is -2.00. The average Bonchev–Trinajstić information content (AvgIpc) is 2.74. The van der Waals surface area contributed by atoms with Crippen LogP contribution in [0.3, 0.4) is 0 Å². The van der Waals surface area contributed by atoms with Gasteiger partial charge in [-0.15, -0.1) is 0 Å². The zero-order valence-corrected chi connectivity index (χ0v) is 16.3. The molecule has 0 heterocycles. The third kappa shape index (κ3) is 5.35. The summed E-state index contributed by atoms with van der Waals surface area (Å²) < 4.78 is 11.4. The van der Waals surface area contributed by atoms with Crippen LogP contribution in [-0.2, 0) is 6.61 Å². The lowest BCUT2D eigenvalue weighted by Gasteiger charge is -2.12. The highest BCUT2D eigenvalue weighted by atomic mass is 16.5. The molecule has 0 unspecified atom stereocenters. The molecule has 0 spiro atoms. The van der Waals surface area contributed by atoms with Crippen molar-refractivity contribution in [1.29, 1.82) is 0 Å². The molecule has 0 aliphatic rings. The van der Waals surface area contributed by atoms with Gasteiger partial charge >= 0.3 is 5.97 Å². The van der Waals surface area contributed by atoms with Gasteiger partial charge in [-0.05, 0) is 66.1 Å². The van der Waals surface area contributed by atoms with Crippen molar-refractivity contribution in [2.45, 2.75) is 13.5 Å². The van der Waals surface area contributed by atoms with Gasteiger partial charge in [0, 0.05) is 0 Å². The van der Waals surface area contributed by atoms with Gasteiger partial charge in [-0.3, -0.25) is 5.43 Å². The topological polar surface area (TPSA) is 80.2 Å². The molecule has 6 heteroatoms. The lowest BCUT2D eigenvalue weighted by molar-refractivity contribution is 0.0697. The number of hydrazone groups is 1. The molecule has 3 rings (SSSR count). The molecule has 3 aromatic rings. The van der Waals surface area contributed by atoms with E-state index >= 15 is 0 Å². The van der Waals surface area contributed by atoms with E-state index < -0.39 is 5.97 Å². The van der Waals surface area contributed by atoms with Crippen LogP contribution in [0.15, 0.2) is 71.8 Å². The number of hydrogen-bond donors (Lipinski definition) is 2. The predicted octanol–water partition coefficient (Wildman–Crippen LogP) is 4.73. The molecule has 2 N–H and O–H groups in total. The van der Waals surface area contributed by atoms with E-state index in [1.807, 2.05) is 36.4 Å². The second kappa shape index (κ2) is 9.41. The fourth-order valence-electron chi connectivity index (χ4n) is 2.68. The van der Waals surface area contributed by atoms with Crippen LogP contribution in [0.2, 0.25) is 0 Å². The molecular weight excluding hydrogens is 368 g/mol. The van der Waals surface area contributed by atoms with Crippen molar-refractivity contribution in [3.05, 3.63) is 89.0 Å². The van der Waals surface area contributed by atoms with Crippen LogP contribution in [0.1, 0.15) is 27.0 Å². The van der Waals surface area contributed by atoms with Crippen molar-refractivity contribution in [1.82, 2.24) is 0 Å². The number of benzene rings is 3. The van der Waals surface area contributed by atoms with E-state index in [9.17, 15) is 4.79 Å². The zero-order valence-electron chi connectivity index (χ0n) is 16.3. The molecule has 0 amide bonds.